The molecule has 1 atom stereocenters. The van der Waals surface area contributed by atoms with Crippen molar-refractivity contribution in [2.45, 2.75) is 46.2 Å². The van der Waals surface area contributed by atoms with Gasteiger partial charge in [-0.25, -0.2) is 9.97 Å². The molecule has 6 heteroatoms. The Kier molecular flexibility index (Phi) is 4.74. The lowest BCUT2D eigenvalue weighted by molar-refractivity contribution is -0.129. The smallest absolute Gasteiger partial charge is 0.219 e. The summed E-state index contributed by atoms with van der Waals surface area (Å²) in [4.78, 5) is 27.3. The molecule has 0 aliphatic carbocycles. The quantitative estimate of drug-likeness (QED) is 0.936. The Hall–Kier alpha value is -2.50. The average molecular weight is 325 g/mol. The minimum absolute atomic E-state index is 0.0788. The highest BCUT2D eigenvalue weighted by Crippen LogP contribution is 2.27. The van der Waals surface area contributed by atoms with Crippen LogP contribution in [0.4, 0.5) is 5.82 Å². The zero-order valence-electron chi connectivity index (χ0n) is 14.4. The first-order chi connectivity index (χ1) is 11.6. The summed E-state index contributed by atoms with van der Waals surface area (Å²) in [5.74, 6) is 1.55. The Balaban J connectivity index is 2.04. The van der Waals surface area contributed by atoms with E-state index < -0.39 is 0 Å². The van der Waals surface area contributed by atoms with Crippen LogP contribution in [0.5, 0.6) is 0 Å². The van der Waals surface area contributed by atoms with Crippen molar-refractivity contribution in [1.82, 2.24) is 19.9 Å². The third kappa shape index (κ3) is 3.37. The van der Waals surface area contributed by atoms with Gasteiger partial charge < -0.3 is 10.2 Å². The summed E-state index contributed by atoms with van der Waals surface area (Å²) >= 11 is 0. The zero-order valence-corrected chi connectivity index (χ0v) is 14.4. The molecular weight excluding hydrogens is 302 g/mol. The summed E-state index contributed by atoms with van der Waals surface area (Å²) < 4.78 is 0. The molecule has 0 saturated carbocycles. The van der Waals surface area contributed by atoms with Crippen LogP contribution in [0.15, 0.2) is 24.4 Å². The van der Waals surface area contributed by atoms with Crippen molar-refractivity contribution in [3.63, 3.8) is 0 Å². The average Bonchev–Trinajstić information content (AvgIpc) is 2.61. The van der Waals surface area contributed by atoms with Crippen LogP contribution in [0.3, 0.4) is 0 Å². The lowest BCUT2D eigenvalue weighted by Crippen LogP contribution is -2.35. The van der Waals surface area contributed by atoms with E-state index in [1.165, 1.54) is 0 Å². The summed E-state index contributed by atoms with van der Waals surface area (Å²) in [5.41, 5.74) is 2.78. The van der Waals surface area contributed by atoms with Crippen LogP contribution >= 0.6 is 0 Å². The number of nitrogens with zero attached hydrogens (tertiary/aromatic N) is 4. The third-order valence-corrected chi connectivity index (χ3v) is 4.40. The molecule has 3 heterocycles. The molecule has 0 spiro atoms. The van der Waals surface area contributed by atoms with E-state index >= 15 is 0 Å². The van der Waals surface area contributed by atoms with Crippen LogP contribution in [-0.4, -0.2) is 38.3 Å². The lowest BCUT2D eigenvalue weighted by Gasteiger charge is -2.29. The number of anilines is 1. The highest BCUT2D eigenvalue weighted by atomic mass is 16.2. The van der Waals surface area contributed by atoms with E-state index in [-0.39, 0.29) is 5.91 Å². The molecule has 1 aliphatic rings. The van der Waals surface area contributed by atoms with Gasteiger partial charge >= 0.3 is 0 Å². The number of fused-ring (bicyclic) bond motifs is 1. The maximum Gasteiger partial charge on any atom is 0.219 e. The Morgan fingerprint density at radius 1 is 1.38 bits per heavy atom. The molecule has 3 rings (SSSR count). The fourth-order valence-corrected chi connectivity index (χ4v) is 2.76. The number of hydrogen-bond acceptors (Lipinski definition) is 5. The van der Waals surface area contributed by atoms with Gasteiger partial charge in [0.15, 0.2) is 5.82 Å². The number of carbonyl (C=O) groups excluding carboxylic acids is 1. The van der Waals surface area contributed by atoms with E-state index in [1.54, 1.807) is 13.1 Å². The first-order valence-electron chi connectivity index (χ1n) is 8.41. The minimum Gasteiger partial charge on any atom is -0.367 e. The Bertz CT molecular complexity index is 732. The van der Waals surface area contributed by atoms with Crippen molar-refractivity contribution < 1.29 is 4.79 Å². The fraction of sp³-hybridized carbons (Fsp3) is 0.444. The number of hydrogen-bond donors (Lipinski definition) is 1. The van der Waals surface area contributed by atoms with Crippen molar-refractivity contribution in [2.75, 3.05) is 11.9 Å². The van der Waals surface area contributed by atoms with Gasteiger partial charge in [-0.15, -0.1) is 0 Å². The Morgan fingerprint density at radius 3 is 2.88 bits per heavy atom. The topological polar surface area (TPSA) is 71.0 Å². The Morgan fingerprint density at radius 2 is 2.21 bits per heavy atom. The number of rotatable bonds is 4. The van der Waals surface area contributed by atoms with Crippen molar-refractivity contribution in [3.8, 4) is 11.5 Å². The van der Waals surface area contributed by atoms with E-state index in [4.69, 9.17) is 9.97 Å². The summed E-state index contributed by atoms with van der Waals surface area (Å²) in [6, 6.07) is 6.03. The molecule has 1 amide bonds. The lowest BCUT2D eigenvalue weighted by atomic mass is 10.0. The molecule has 0 radical (unpaired) electrons. The fourth-order valence-electron chi connectivity index (χ4n) is 2.76. The molecule has 0 fully saturated rings. The van der Waals surface area contributed by atoms with Crippen LogP contribution in [0.2, 0.25) is 0 Å². The first kappa shape index (κ1) is 16.4. The molecule has 6 nitrogen and oxygen atoms in total. The maximum absolute atomic E-state index is 11.7. The number of aromatic nitrogens is 3. The number of amides is 1. The van der Waals surface area contributed by atoms with Gasteiger partial charge in [-0.1, -0.05) is 13.0 Å². The molecule has 24 heavy (non-hydrogen) atoms. The van der Waals surface area contributed by atoms with Crippen LogP contribution in [-0.2, 0) is 17.8 Å². The standard InChI is InChI=1S/C18H23N5O/c1-4-12(2)20-17-14-8-10-23(13(3)24)11-16(14)21-18(22-17)15-7-5-6-9-19-15/h5-7,9,12H,4,8,10-11H2,1-3H3,(H,20,21,22). The van der Waals surface area contributed by atoms with Gasteiger partial charge in [0.2, 0.25) is 5.91 Å². The second-order valence-corrected chi connectivity index (χ2v) is 6.18. The van der Waals surface area contributed by atoms with Gasteiger partial charge in [-0.3, -0.25) is 9.78 Å². The van der Waals surface area contributed by atoms with Gasteiger partial charge in [-0.05, 0) is 31.9 Å². The largest absolute Gasteiger partial charge is 0.367 e. The van der Waals surface area contributed by atoms with Gasteiger partial charge in [0.05, 0.1) is 12.2 Å². The van der Waals surface area contributed by atoms with E-state index in [1.807, 2.05) is 23.1 Å². The molecule has 1 aliphatic heterocycles. The molecule has 0 bridgehead atoms. The summed E-state index contributed by atoms with van der Waals surface area (Å²) in [7, 11) is 0. The van der Waals surface area contributed by atoms with Crippen molar-refractivity contribution in [1.29, 1.82) is 0 Å². The Labute approximate surface area is 142 Å². The van der Waals surface area contributed by atoms with E-state index in [0.29, 0.717) is 25.0 Å². The molecule has 0 aromatic carbocycles. The molecule has 126 valence electrons. The van der Waals surface area contributed by atoms with Crippen LogP contribution in [0, 0.1) is 0 Å². The molecule has 2 aromatic heterocycles. The first-order valence-corrected chi connectivity index (χ1v) is 8.41. The highest BCUT2D eigenvalue weighted by Gasteiger charge is 2.24. The maximum atomic E-state index is 11.7. The van der Waals surface area contributed by atoms with Gasteiger partial charge in [0.1, 0.15) is 11.5 Å². The number of nitrogens with one attached hydrogen (secondary N) is 1. The number of carbonyl (C=O) groups is 1. The molecule has 2 aromatic rings. The summed E-state index contributed by atoms with van der Waals surface area (Å²) in [5, 5.41) is 3.49. The van der Waals surface area contributed by atoms with E-state index in [0.717, 1.165) is 35.6 Å². The van der Waals surface area contributed by atoms with Gasteiger partial charge in [0.25, 0.3) is 0 Å². The minimum atomic E-state index is 0.0788. The molecule has 1 unspecified atom stereocenters. The normalized spacial score (nSPS) is 14.9. The summed E-state index contributed by atoms with van der Waals surface area (Å²) in [6.45, 7) is 7.12. The number of pyridine rings is 1. The second-order valence-electron chi connectivity index (χ2n) is 6.18. The van der Waals surface area contributed by atoms with E-state index in [2.05, 4.69) is 24.1 Å². The zero-order chi connectivity index (χ0) is 17.1. The monoisotopic (exact) mass is 325 g/mol. The molecule has 1 N–H and O–H groups in total. The van der Waals surface area contributed by atoms with Gasteiger partial charge in [-0.2, -0.15) is 0 Å². The van der Waals surface area contributed by atoms with Crippen molar-refractivity contribution >= 4 is 11.7 Å². The predicted octanol–water partition coefficient (Wildman–Crippen LogP) is 2.65. The summed E-state index contributed by atoms with van der Waals surface area (Å²) in [6.07, 6.45) is 3.52. The van der Waals surface area contributed by atoms with Crippen molar-refractivity contribution in [3.05, 3.63) is 35.7 Å². The van der Waals surface area contributed by atoms with Crippen molar-refractivity contribution in [2.24, 2.45) is 0 Å². The van der Waals surface area contributed by atoms with Crippen LogP contribution in [0.25, 0.3) is 11.5 Å². The van der Waals surface area contributed by atoms with Crippen LogP contribution in [0.1, 0.15) is 38.4 Å². The second kappa shape index (κ2) is 6.95. The molecular formula is C18H23N5O. The van der Waals surface area contributed by atoms with E-state index in [9.17, 15) is 4.79 Å². The highest BCUT2D eigenvalue weighted by molar-refractivity contribution is 5.74. The predicted molar refractivity (Wildman–Crippen MR) is 93.4 cm³/mol. The van der Waals surface area contributed by atoms with Gasteiger partial charge in [0, 0.05) is 31.3 Å². The third-order valence-electron chi connectivity index (χ3n) is 4.40. The van der Waals surface area contributed by atoms with Crippen LogP contribution < -0.4 is 5.32 Å². The SMILES string of the molecule is CCC(C)Nc1nc(-c2ccccn2)nc2c1CCN(C(C)=O)C2. The molecule has 0 saturated heterocycles.